The van der Waals surface area contributed by atoms with Gasteiger partial charge in [0.15, 0.2) is 5.78 Å². The van der Waals surface area contributed by atoms with Gasteiger partial charge in [0.05, 0.1) is 6.10 Å². The van der Waals surface area contributed by atoms with Gasteiger partial charge in [0.1, 0.15) is 5.75 Å². The Morgan fingerprint density at radius 1 is 1.25 bits per heavy atom. The number of carbonyl (C=O) groups excluding carboxylic acids is 2. The molecule has 1 aromatic carbocycles. The molecule has 0 fully saturated rings. The second-order valence-corrected chi connectivity index (χ2v) is 3.62. The molecule has 0 aliphatic heterocycles. The first kappa shape index (κ1) is 12.4. The molecule has 4 nitrogen and oxygen atoms in total. The van der Waals surface area contributed by atoms with E-state index in [1.165, 1.54) is 19.9 Å². The van der Waals surface area contributed by atoms with E-state index in [0.29, 0.717) is 11.1 Å². The van der Waals surface area contributed by atoms with Gasteiger partial charge in [-0.15, -0.1) is 0 Å². The van der Waals surface area contributed by atoms with E-state index < -0.39 is 12.1 Å². The summed E-state index contributed by atoms with van der Waals surface area (Å²) in [5.41, 5.74) is 0.957. The number of aliphatic hydroxyl groups excluding tert-OH is 1. The summed E-state index contributed by atoms with van der Waals surface area (Å²) in [6.07, 6.45) is -0.714. The third kappa shape index (κ3) is 3.17. The van der Waals surface area contributed by atoms with Crippen LogP contribution in [0.4, 0.5) is 0 Å². The molecular formula is C12H14O4. The Hall–Kier alpha value is -1.68. The highest BCUT2D eigenvalue weighted by molar-refractivity contribution is 5.94. The Kier molecular flexibility index (Phi) is 3.79. The maximum atomic E-state index is 11.2. The van der Waals surface area contributed by atoms with E-state index in [9.17, 15) is 14.7 Å². The van der Waals surface area contributed by atoms with Crippen molar-refractivity contribution in [2.24, 2.45) is 0 Å². The van der Waals surface area contributed by atoms with Crippen LogP contribution in [0.15, 0.2) is 18.2 Å². The molecule has 0 aromatic heterocycles. The predicted octanol–water partition coefficient (Wildman–Crippen LogP) is 1.87. The zero-order valence-electron chi connectivity index (χ0n) is 9.48. The molecule has 0 bridgehead atoms. The standard InChI is InChI=1S/C12H14O4/c1-7(13)10-4-11(8(2)14)6-12(5-10)16-9(3)15/h4-7,13H,1-3H3/t7-/m1/s1. The Balaban J connectivity index is 3.18. The zero-order valence-corrected chi connectivity index (χ0v) is 9.48. The van der Waals surface area contributed by atoms with Crippen molar-refractivity contribution in [2.45, 2.75) is 26.9 Å². The third-order valence-electron chi connectivity index (χ3n) is 2.08. The molecule has 0 radical (unpaired) electrons. The van der Waals surface area contributed by atoms with Crippen LogP contribution >= 0.6 is 0 Å². The fourth-order valence-electron chi connectivity index (χ4n) is 1.29. The Labute approximate surface area is 93.9 Å². The maximum absolute atomic E-state index is 11.2. The van der Waals surface area contributed by atoms with Gasteiger partial charge >= 0.3 is 5.97 Å². The van der Waals surface area contributed by atoms with Crippen LogP contribution < -0.4 is 4.74 Å². The summed E-state index contributed by atoms with van der Waals surface area (Å²) in [7, 11) is 0. The van der Waals surface area contributed by atoms with Gasteiger partial charge in [-0.2, -0.15) is 0 Å². The van der Waals surface area contributed by atoms with E-state index in [2.05, 4.69) is 0 Å². The number of carbonyl (C=O) groups is 2. The predicted molar refractivity (Wildman–Crippen MR) is 58.4 cm³/mol. The second-order valence-electron chi connectivity index (χ2n) is 3.62. The van der Waals surface area contributed by atoms with Gasteiger partial charge in [-0.25, -0.2) is 0 Å². The number of ketones is 1. The lowest BCUT2D eigenvalue weighted by Gasteiger charge is -2.09. The Bertz CT molecular complexity index is 421. The van der Waals surface area contributed by atoms with Crippen LogP contribution in [-0.2, 0) is 4.79 Å². The molecule has 0 unspecified atom stereocenters. The number of aliphatic hydroxyl groups is 1. The topological polar surface area (TPSA) is 63.6 Å². The van der Waals surface area contributed by atoms with Gasteiger partial charge in [0.2, 0.25) is 0 Å². The van der Waals surface area contributed by atoms with Crippen LogP contribution in [0.1, 0.15) is 42.8 Å². The number of hydrogen-bond acceptors (Lipinski definition) is 4. The van der Waals surface area contributed by atoms with Crippen LogP contribution in [0.25, 0.3) is 0 Å². The van der Waals surface area contributed by atoms with Crippen molar-refractivity contribution < 1.29 is 19.4 Å². The molecule has 1 rings (SSSR count). The average molecular weight is 222 g/mol. The minimum absolute atomic E-state index is 0.143. The van der Waals surface area contributed by atoms with E-state index in [-0.39, 0.29) is 11.5 Å². The molecule has 0 amide bonds. The van der Waals surface area contributed by atoms with Crippen molar-refractivity contribution in [3.05, 3.63) is 29.3 Å². The summed E-state index contributed by atoms with van der Waals surface area (Å²) in [5, 5.41) is 9.44. The lowest BCUT2D eigenvalue weighted by atomic mass is 10.0. The molecule has 0 saturated heterocycles. The van der Waals surface area contributed by atoms with Gasteiger partial charge in [-0.05, 0) is 37.6 Å². The van der Waals surface area contributed by atoms with Gasteiger partial charge in [0.25, 0.3) is 0 Å². The van der Waals surface area contributed by atoms with E-state index in [4.69, 9.17) is 4.74 Å². The number of hydrogen-bond donors (Lipinski definition) is 1. The van der Waals surface area contributed by atoms with E-state index >= 15 is 0 Å². The number of ether oxygens (including phenoxy) is 1. The highest BCUT2D eigenvalue weighted by Gasteiger charge is 2.10. The van der Waals surface area contributed by atoms with Crippen LogP contribution in [-0.4, -0.2) is 16.9 Å². The number of benzene rings is 1. The Morgan fingerprint density at radius 2 is 1.88 bits per heavy atom. The number of esters is 1. The normalized spacial score (nSPS) is 12.0. The highest BCUT2D eigenvalue weighted by atomic mass is 16.5. The van der Waals surface area contributed by atoms with Crippen molar-refractivity contribution >= 4 is 11.8 Å². The van der Waals surface area contributed by atoms with Crippen molar-refractivity contribution in [3.63, 3.8) is 0 Å². The summed E-state index contributed by atoms with van der Waals surface area (Å²) < 4.78 is 4.89. The summed E-state index contributed by atoms with van der Waals surface area (Å²) in [5.74, 6) is -0.329. The lowest BCUT2D eigenvalue weighted by Crippen LogP contribution is -2.04. The molecule has 0 heterocycles. The zero-order chi connectivity index (χ0) is 12.3. The monoisotopic (exact) mass is 222 g/mol. The van der Waals surface area contributed by atoms with Gasteiger partial charge in [-0.3, -0.25) is 9.59 Å². The first-order valence-electron chi connectivity index (χ1n) is 4.92. The van der Waals surface area contributed by atoms with Crippen LogP contribution in [0.2, 0.25) is 0 Å². The largest absolute Gasteiger partial charge is 0.427 e. The molecule has 16 heavy (non-hydrogen) atoms. The summed E-state index contributed by atoms with van der Waals surface area (Å²) >= 11 is 0. The first-order chi connectivity index (χ1) is 7.40. The molecular weight excluding hydrogens is 208 g/mol. The number of rotatable bonds is 3. The van der Waals surface area contributed by atoms with E-state index in [0.717, 1.165) is 0 Å². The quantitative estimate of drug-likeness (QED) is 0.481. The van der Waals surface area contributed by atoms with Gasteiger partial charge < -0.3 is 9.84 Å². The maximum Gasteiger partial charge on any atom is 0.308 e. The van der Waals surface area contributed by atoms with Crippen LogP contribution in [0, 0.1) is 0 Å². The SMILES string of the molecule is CC(=O)Oc1cc(C(C)=O)cc([C@@H](C)O)c1. The molecule has 1 N–H and O–H groups in total. The van der Waals surface area contributed by atoms with Gasteiger partial charge in [0, 0.05) is 12.5 Å². The first-order valence-corrected chi connectivity index (χ1v) is 4.92. The van der Waals surface area contributed by atoms with E-state index in [1.807, 2.05) is 0 Å². The van der Waals surface area contributed by atoms with Crippen molar-refractivity contribution in [1.82, 2.24) is 0 Å². The fraction of sp³-hybridized carbons (Fsp3) is 0.333. The molecule has 1 aromatic rings. The molecule has 0 saturated carbocycles. The highest BCUT2D eigenvalue weighted by Crippen LogP contribution is 2.22. The third-order valence-corrected chi connectivity index (χ3v) is 2.08. The molecule has 0 aliphatic carbocycles. The molecule has 86 valence electrons. The fourth-order valence-corrected chi connectivity index (χ4v) is 1.29. The number of Topliss-reactive ketones (excluding diaryl/α,β-unsaturated/α-hetero) is 1. The van der Waals surface area contributed by atoms with E-state index in [1.54, 1.807) is 19.1 Å². The van der Waals surface area contributed by atoms with Crippen LogP contribution in [0.5, 0.6) is 5.75 Å². The summed E-state index contributed by atoms with van der Waals surface area (Å²) in [6.45, 7) is 4.28. The molecule has 1 atom stereocenters. The van der Waals surface area contributed by atoms with Crippen molar-refractivity contribution in [2.75, 3.05) is 0 Å². The molecule has 4 heteroatoms. The summed E-state index contributed by atoms with van der Waals surface area (Å²) in [4.78, 5) is 22.0. The minimum Gasteiger partial charge on any atom is -0.427 e. The van der Waals surface area contributed by atoms with Gasteiger partial charge in [-0.1, -0.05) is 0 Å². The summed E-state index contributed by atoms with van der Waals surface area (Å²) in [6, 6.07) is 4.61. The molecule has 0 spiro atoms. The minimum atomic E-state index is -0.714. The second kappa shape index (κ2) is 4.90. The molecule has 0 aliphatic rings. The average Bonchev–Trinajstić information content (AvgIpc) is 2.15. The van der Waals surface area contributed by atoms with Crippen LogP contribution in [0.3, 0.4) is 0 Å². The van der Waals surface area contributed by atoms with Crippen molar-refractivity contribution in [1.29, 1.82) is 0 Å². The lowest BCUT2D eigenvalue weighted by molar-refractivity contribution is -0.131. The smallest absolute Gasteiger partial charge is 0.308 e. The van der Waals surface area contributed by atoms with Crippen molar-refractivity contribution in [3.8, 4) is 5.75 Å². The Morgan fingerprint density at radius 3 is 2.31 bits per heavy atom.